The Morgan fingerprint density at radius 3 is 2.59 bits per heavy atom. The maximum atomic E-state index is 12.6. The van der Waals surface area contributed by atoms with Crippen molar-refractivity contribution in [3.05, 3.63) is 52.5 Å². The Hall–Kier alpha value is -2.01. The first-order valence-electron chi connectivity index (χ1n) is 9.39. The number of carbonyl (C=O) groups is 1. The van der Waals surface area contributed by atoms with Crippen LogP contribution in [0.5, 0.6) is 11.5 Å². The average molecular weight is 434 g/mol. The van der Waals surface area contributed by atoms with Crippen molar-refractivity contribution in [3.8, 4) is 11.5 Å². The summed E-state index contributed by atoms with van der Waals surface area (Å²) in [4.78, 5) is 12.6. The molecular formula is C22H28BrNO3. The van der Waals surface area contributed by atoms with Crippen LogP contribution in [0.4, 0.5) is 5.69 Å². The Morgan fingerprint density at radius 2 is 1.93 bits per heavy atom. The summed E-state index contributed by atoms with van der Waals surface area (Å²) in [6, 6.07) is 12.8. The largest absolute Gasteiger partial charge is 0.492 e. The fourth-order valence-electron chi connectivity index (χ4n) is 2.33. The van der Waals surface area contributed by atoms with Gasteiger partial charge in [0.25, 0.3) is 5.91 Å². The van der Waals surface area contributed by atoms with E-state index in [1.165, 1.54) is 0 Å². The smallest absolute Gasteiger partial charge is 0.255 e. The van der Waals surface area contributed by atoms with Gasteiger partial charge in [0.2, 0.25) is 0 Å². The molecule has 0 aliphatic carbocycles. The van der Waals surface area contributed by atoms with E-state index >= 15 is 0 Å². The minimum absolute atomic E-state index is 0.134. The van der Waals surface area contributed by atoms with E-state index in [-0.39, 0.29) is 12.0 Å². The standard InChI is InChI=1S/C22H28BrNO3/c1-5-16(4)27-19-8-6-7-18(14-19)24-22(25)17-9-10-21(20(23)13-17)26-12-11-15(2)3/h6-10,13-16H,5,11-12H2,1-4H3,(H,24,25). The van der Waals surface area contributed by atoms with Crippen LogP contribution in [0.2, 0.25) is 0 Å². The summed E-state index contributed by atoms with van der Waals surface area (Å²) in [6.07, 6.45) is 2.05. The molecule has 2 rings (SSSR count). The van der Waals surface area contributed by atoms with E-state index < -0.39 is 0 Å². The summed E-state index contributed by atoms with van der Waals surface area (Å²) >= 11 is 3.49. The molecule has 0 aliphatic heterocycles. The first-order chi connectivity index (χ1) is 12.9. The number of hydrogen-bond acceptors (Lipinski definition) is 3. The SMILES string of the molecule is CCC(C)Oc1cccc(NC(=O)c2ccc(OCCC(C)C)c(Br)c2)c1. The van der Waals surface area contributed by atoms with Gasteiger partial charge in [0.1, 0.15) is 11.5 Å². The molecule has 5 heteroatoms. The Kier molecular flexibility index (Phi) is 8.17. The lowest BCUT2D eigenvalue weighted by Gasteiger charge is -2.14. The number of amides is 1. The van der Waals surface area contributed by atoms with Crippen molar-refractivity contribution in [2.24, 2.45) is 5.92 Å². The van der Waals surface area contributed by atoms with Crippen LogP contribution in [0, 0.1) is 5.92 Å². The first kappa shape index (κ1) is 21.3. The zero-order chi connectivity index (χ0) is 19.8. The highest BCUT2D eigenvalue weighted by Crippen LogP contribution is 2.27. The summed E-state index contributed by atoms with van der Waals surface area (Å²) in [6.45, 7) is 9.08. The summed E-state index contributed by atoms with van der Waals surface area (Å²) in [5.74, 6) is 1.91. The predicted molar refractivity (Wildman–Crippen MR) is 114 cm³/mol. The Balaban J connectivity index is 2.01. The second kappa shape index (κ2) is 10.4. The molecule has 146 valence electrons. The molecule has 0 aromatic heterocycles. The quantitative estimate of drug-likeness (QED) is 0.504. The number of rotatable bonds is 9. The monoisotopic (exact) mass is 433 g/mol. The van der Waals surface area contributed by atoms with Gasteiger partial charge in [0.05, 0.1) is 17.2 Å². The zero-order valence-corrected chi connectivity index (χ0v) is 18.0. The molecule has 1 unspecified atom stereocenters. The Morgan fingerprint density at radius 1 is 1.15 bits per heavy atom. The van der Waals surface area contributed by atoms with E-state index in [4.69, 9.17) is 9.47 Å². The van der Waals surface area contributed by atoms with Crippen molar-refractivity contribution in [2.75, 3.05) is 11.9 Å². The van der Waals surface area contributed by atoms with Crippen LogP contribution in [0.1, 0.15) is 50.9 Å². The number of anilines is 1. The van der Waals surface area contributed by atoms with Gasteiger partial charge in [0.15, 0.2) is 0 Å². The van der Waals surface area contributed by atoms with E-state index in [1.807, 2.05) is 37.3 Å². The van der Waals surface area contributed by atoms with E-state index in [2.05, 4.69) is 42.0 Å². The first-order valence-corrected chi connectivity index (χ1v) is 10.2. The molecule has 0 spiro atoms. The third-order valence-corrected chi connectivity index (χ3v) is 4.77. The average Bonchev–Trinajstić information content (AvgIpc) is 2.62. The lowest BCUT2D eigenvalue weighted by molar-refractivity contribution is 0.102. The minimum atomic E-state index is -0.176. The van der Waals surface area contributed by atoms with E-state index in [9.17, 15) is 4.79 Å². The van der Waals surface area contributed by atoms with Crippen LogP contribution in [0.3, 0.4) is 0 Å². The molecule has 4 nitrogen and oxygen atoms in total. The molecule has 2 aromatic carbocycles. The normalized spacial score (nSPS) is 11.9. The molecule has 1 amide bonds. The summed E-state index contributed by atoms with van der Waals surface area (Å²) in [7, 11) is 0. The van der Waals surface area contributed by atoms with Crippen LogP contribution in [0.25, 0.3) is 0 Å². The van der Waals surface area contributed by atoms with Crippen molar-refractivity contribution < 1.29 is 14.3 Å². The fourth-order valence-corrected chi connectivity index (χ4v) is 2.82. The van der Waals surface area contributed by atoms with Gasteiger partial charge in [-0.1, -0.05) is 26.8 Å². The number of nitrogens with one attached hydrogen (secondary N) is 1. The van der Waals surface area contributed by atoms with Crippen LogP contribution < -0.4 is 14.8 Å². The molecule has 0 saturated carbocycles. The molecule has 2 aromatic rings. The van der Waals surface area contributed by atoms with Gasteiger partial charge in [-0.2, -0.15) is 0 Å². The van der Waals surface area contributed by atoms with E-state index in [0.29, 0.717) is 23.8 Å². The topological polar surface area (TPSA) is 47.6 Å². The maximum Gasteiger partial charge on any atom is 0.255 e. The molecular weight excluding hydrogens is 406 g/mol. The highest BCUT2D eigenvalue weighted by atomic mass is 79.9. The van der Waals surface area contributed by atoms with Crippen molar-refractivity contribution in [1.82, 2.24) is 0 Å². The summed E-state index contributed by atoms with van der Waals surface area (Å²) < 4.78 is 12.3. The number of benzene rings is 2. The van der Waals surface area contributed by atoms with Crippen LogP contribution in [0.15, 0.2) is 46.9 Å². The van der Waals surface area contributed by atoms with Gasteiger partial charge in [-0.15, -0.1) is 0 Å². The number of carbonyl (C=O) groups excluding carboxylic acids is 1. The molecule has 0 aliphatic rings. The van der Waals surface area contributed by atoms with Gasteiger partial charge in [0, 0.05) is 17.3 Å². The minimum Gasteiger partial charge on any atom is -0.492 e. The van der Waals surface area contributed by atoms with Gasteiger partial charge in [-0.3, -0.25) is 4.79 Å². The highest BCUT2D eigenvalue weighted by Gasteiger charge is 2.11. The third kappa shape index (κ3) is 6.90. The molecule has 1 atom stereocenters. The molecule has 0 heterocycles. The molecule has 0 radical (unpaired) electrons. The van der Waals surface area contributed by atoms with Crippen LogP contribution >= 0.6 is 15.9 Å². The molecule has 0 saturated heterocycles. The van der Waals surface area contributed by atoms with Crippen LogP contribution in [-0.2, 0) is 0 Å². The van der Waals surface area contributed by atoms with Crippen molar-refractivity contribution in [2.45, 2.75) is 46.6 Å². The molecule has 0 bridgehead atoms. The van der Waals surface area contributed by atoms with Crippen molar-refractivity contribution >= 4 is 27.5 Å². The number of halogens is 1. The zero-order valence-electron chi connectivity index (χ0n) is 16.4. The third-order valence-electron chi connectivity index (χ3n) is 4.15. The van der Waals surface area contributed by atoms with Crippen molar-refractivity contribution in [1.29, 1.82) is 0 Å². The maximum absolute atomic E-state index is 12.6. The molecule has 27 heavy (non-hydrogen) atoms. The van der Waals surface area contributed by atoms with Gasteiger partial charge >= 0.3 is 0 Å². The number of hydrogen-bond donors (Lipinski definition) is 1. The Bertz CT molecular complexity index is 761. The Labute approximate surface area is 170 Å². The van der Waals surface area contributed by atoms with Gasteiger partial charge < -0.3 is 14.8 Å². The second-order valence-electron chi connectivity index (χ2n) is 6.99. The predicted octanol–water partition coefficient (Wildman–Crippen LogP) is 6.30. The second-order valence-corrected chi connectivity index (χ2v) is 7.85. The fraction of sp³-hybridized carbons (Fsp3) is 0.409. The summed E-state index contributed by atoms with van der Waals surface area (Å²) in [5, 5.41) is 2.91. The van der Waals surface area contributed by atoms with Gasteiger partial charge in [-0.25, -0.2) is 0 Å². The highest BCUT2D eigenvalue weighted by molar-refractivity contribution is 9.10. The number of ether oxygens (including phenoxy) is 2. The van der Waals surface area contributed by atoms with Crippen molar-refractivity contribution in [3.63, 3.8) is 0 Å². The van der Waals surface area contributed by atoms with Gasteiger partial charge in [-0.05, 0) is 71.9 Å². The lowest BCUT2D eigenvalue weighted by Crippen LogP contribution is -2.13. The summed E-state index contributed by atoms with van der Waals surface area (Å²) in [5.41, 5.74) is 1.26. The lowest BCUT2D eigenvalue weighted by atomic mass is 10.1. The van der Waals surface area contributed by atoms with E-state index in [0.717, 1.165) is 28.8 Å². The molecule has 1 N–H and O–H groups in total. The van der Waals surface area contributed by atoms with E-state index in [1.54, 1.807) is 12.1 Å². The van der Waals surface area contributed by atoms with Crippen LogP contribution in [-0.4, -0.2) is 18.6 Å². The molecule has 0 fully saturated rings.